The number of allylic oxidation sites excluding steroid dienone is 2. The molecule has 0 radical (unpaired) electrons. The van der Waals surface area contributed by atoms with E-state index in [9.17, 15) is 14.4 Å². The van der Waals surface area contributed by atoms with Crippen molar-refractivity contribution in [1.82, 2.24) is 5.32 Å². The lowest BCUT2D eigenvalue weighted by molar-refractivity contribution is -0.129. The van der Waals surface area contributed by atoms with Crippen molar-refractivity contribution < 1.29 is 14.4 Å². The third-order valence-corrected chi connectivity index (χ3v) is 6.38. The summed E-state index contributed by atoms with van der Waals surface area (Å²) >= 11 is 0. The van der Waals surface area contributed by atoms with Crippen LogP contribution < -0.4 is 10.6 Å². The Hall–Kier alpha value is -3.21. The van der Waals surface area contributed by atoms with Gasteiger partial charge in [0.05, 0.1) is 5.92 Å². The first-order valence-electron chi connectivity index (χ1n) is 10.9. The second-order valence-electron chi connectivity index (χ2n) is 8.54. The highest BCUT2D eigenvalue weighted by Gasteiger charge is 2.37. The number of carbonyl (C=O) groups is 3. The van der Waals surface area contributed by atoms with Crippen LogP contribution in [0.2, 0.25) is 0 Å². The number of Topliss-reactive ketones (excluding diaryl/α,β-unsaturated/α-hetero) is 1. The minimum atomic E-state index is -0.521. The van der Waals surface area contributed by atoms with Crippen molar-refractivity contribution >= 4 is 23.3 Å². The van der Waals surface area contributed by atoms with Gasteiger partial charge in [-0.2, -0.15) is 0 Å². The minimum Gasteiger partial charge on any atom is -0.329 e. The van der Waals surface area contributed by atoms with E-state index >= 15 is 0 Å². The van der Waals surface area contributed by atoms with Crippen LogP contribution in [0, 0.1) is 12.8 Å². The summed E-state index contributed by atoms with van der Waals surface area (Å²) in [7, 11) is 0. The number of ketones is 1. The average Bonchev–Trinajstić information content (AvgIpc) is 2.75. The number of amides is 2. The van der Waals surface area contributed by atoms with E-state index < -0.39 is 5.92 Å². The standard InChI is InChI=1S/C26H28N2O3/c1-3-17-8-10-20(11-9-17)27-25(30)15-19-12-22-23(28-26(19)31)13-18(14-24(22)29)21-7-5-4-6-16(21)2/h4-11,18-19H,3,12-15H2,1-2H3,(H,27,30)(H,28,31). The van der Waals surface area contributed by atoms with Gasteiger partial charge in [-0.1, -0.05) is 43.3 Å². The van der Waals surface area contributed by atoms with Crippen LogP contribution in [0.1, 0.15) is 55.2 Å². The van der Waals surface area contributed by atoms with Gasteiger partial charge >= 0.3 is 0 Å². The third-order valence-electron chi connectivity index (χ3n) is 6.38. The third kappa shape index (κ3) is 4.61. The lowest BCUT2D eigenvalue weighted by Gasteiger charge is -2.33. The second-order valence-corrected chi connectivity index (χ2v) is 8.54. The Balaban J connectivity index is 1.43. The number of rotatable bonds is 5. The second kappa shape index (κ2) is 8.88. The summed E-state index contributed by atoms with van der Waals surface area (Å²) in [5, 5.41) is 5.80. The molecular weight excluding hydrogens is 388 g/mol. The van der Waals surface area contributed by atoms with Crippen LogP contribution in [0.4, 0.5) is 5.69 Å². The van der Waals surface area contributed by atoms with Gasteiger partial charge in [-0.15, -0.1) is 0 Å². The van der Waals surface area contributed by atoms with E-state index in [2.05, 4.69) is 23.6 Å². The first kappa shape index (κ1) is 21.0. The van der Waals surface area contributed by atoms with Crippen LogP contribution in [0.15, 0.2) is 59.8 Å². The zero-order valence-corrected chi connectivity index (χ0v) is 18.0. The van der Waals surface area contributed by atoms with Gasteiger partial charge in [-0.05, 0) is 60.9 Å². The quantitative estimate of drug-likeness (QED) is 0.757. The Bertz CT molecular complexity index is 1050. The summed E-state index contributed by atoms with van der Waals surface area (Å²) in [4.78, 5) is 38.1. The monoisotopic (exact) mass is 416 g/mol. The molecule has 0 saturated carbocycles. The Labute approximate surface area is 182 Å². The Morgan fingerprint density at radius 2 is 1.77 bits per heavy atom. The zero-order chi connectivity index (χ0) is 22.0. The molecule has 1 heterocycles. The molecule has 2 unspecified atom stereocenters. The van der Waals surface area contributed by atoms with Gasteiger partial charge in [0.2, 0.25) is 11.8 Å². The molecule has 2 aromatic rings. The molecule has 5 heteroatoms. The lowest BCUT2D eigenvalue weighted by Crippen LogP contribution is -2.41. The summed E-state index contributed by atoms with van der Waals surface area (Å²) in [6.07, 6.45) is 2.44. The summed E-state index contributed by atoms with van der Waals surface area (Å²) in [5.74, 6) is -0.746. The number of benzene rings is 2. The summed E-state index contributed by atoms with van der Waals surface area (Å²) < 4.78 is 0. The van der Waals surface area contributed by atoms with Crippen molar-refractivity contribution in [3.05, 3.63) is 76.5 Å². The van der Waals surface area contributed by atoms with Crippen molar-refractivity contribution in [2.75, 3.05) is 5.32 Å². The maximum atomic E-state index is 12.9. The topological polar surface area (TPSA) is 75.3 Å². The molecule has 2 aliphatic rings. The smallest absolute Gasteiger partial charge is 0.228 e. The number of aryl methyl sites for hydroxylation is 2. The van der Waals surface area contributed by atoms with Crippen molar-refractivity contribution in [3.8, 4) is 0 Å². The number of anilines is 1. The predicted molar refractivity (Wildman–Crippen MR) is 121 cm³/mol. The van der Waals surface area contributed by atoms with Gasteiger partial charge in [0.25, 0.3) is 0 Å². The summed E-state index contributed by atoms with van der Waals surface area (Å²) in [5.41, 5.74) is 5.66. The molecule has 2 N–H and O–H groups in total. The molecule has 0 aromatic heterocycles. The fraction of sp³-hybridized carbons (Fsp3) is 0.346. The van der Waals surface area contributed by atoms with Crippen LogP contribution in [-0.4, -0.2) is 17.6 Å². The number of hydrogen-bond acceptors (Lipinski definition) is 3. The maximum Gasteiger partial charge on any atom is 0.228 e. The van der Waals surface area contributed by atoms with Crippen molar-refractivity contribution in [3.63, 3.8) is 0 Å². The van der Waals surface area contributed by atoms with E-state index in [0.717, 1.165) is 23.2 Å². The highest BCUT2D eigenvalue weighted by Crippen LogP contribution is 2.39. The van der Waals surface area contributed by atoms with Crippen molar-refractivity contribution in [2.45, 2.75) is 51.9 Å². The lowest BCUT2D eigenvalue weighted by atomic mass is 9.76. The maximum absolute atomic E-state index is 12.9. The number of nitrogens with one attached hydrogen (secondary N) is 2. The van der Waals surface area contributed by atoms with Crippen LogP contribution in [0.5, 0.6) is 0 Å². The molecule has 5 nitrogen and oxygen atoms in total. The van der Waals surface area contributed by atoms with Crippen LogP contribution in [0.3, 0.4) is 0 Å². The van der Waals surface area contributed by atoms with Gasteiger partial charge < -0.3 is 10.6 Å². The van der Waals surface area contributed by atoms with Gasteiger partial charge in [0, 0.05) is 29.8 Å². The molecular formula is C26H28N2O3. The zero-order valence-electron chi connectivity index (χ0n) is 18.0. The van der Waals surface area contributed by atoms with E-state index in [1.807, 2.05) is 49.4 Å². The Morgan fingerprint density at radius 3 is 2.48 bits per heavy atom. The predicted octanol–water partition coefficient (Wildman–Crippen LogP) is 4.42. The van der Waals surface area contributed by atoms with Crippen LogP contribution in [-0.2, 0) is 20.8 Å². The largest absolute Gasteiger partial charge is 0.329 e. The van der Waals surface area contributed by atoms with E-state index in [1.54, 1.807) is 0 Å². The van der Waals surface area contributed by atoms with Gasteiger partial charge in [-0.3, -0.25) is 14.4 Å². The van der Waals surface area contributed by atoms with E-state index in [4.69, 9.17) is 0 Å². The van der Waals surface area contributed by atoms with Crippen LogP contribution >= 0.6 is 0 Å². The summed E-state index contributed by atoms with van der Waals surface area (Å²) in [6.45, 7) is 4.13. The fourth-order valence-corrected chi connectivity index (χ4v) is 4.60. The molecule has 2 aromatic carbocycles. The Morgan fingerprint density at radius 1 is 1.03 bits per heavy atom. The molecule has 1 aliphatic carbocycles. The highest BCUT2D eigenvalue weighted by atomic mass is 16.2. The molecule has 1 aliphatic heterocycles. The normalized spacial score (nSPS) is 20.8. The van der Waals surface area contributed by atoms with Gasteiger partial charge in [-0.25, -0.2) is 0 Å². The molecule has 2 amide bonds. The molecule has 0 spiro atoms. The molecule has 160 valence electrons. The summed E-state index contributed by atoms with van der Waals surface area (Å²) in [6, 6.07) is 15.8. The minimum absolute atomic E-state index is 0.0621. The van der Waals surface area contributed by atoms with E-state index in [-0.39, 0.29) is 29.9 Å². The average molecular weight is 417 g/mol. The first-order chi connectivity index (χ1) is 14.9. The molecule has 0 bridgehead atoms. The van der Waals surface area contributed by atoms with Crippen molar-refractivity contribution in [1.29, 1.82) is 0 Å². The van der Waals surface area contributed by atoms with Crippen molar-refractivity contribution in [2.24, 2.45) is 5.92 Å². The number of hydrogen-bond donors (Lipinski definition) is 2. The molecule has 4 rings (SSSR count). The van der Waals surface area contributed by atoms with Crippen LogP contribution in [0.25, 0.3) is 0 Å². The number of carbonyl (C=O) groups excluding carboxylic acids is 3. The highest BCUT2D eigenvalue weighted by molar-refractivity contribution is 6.02. The molecule has 31 heavy (non-hydrogen) atoms. The Kier molecular flexibility index (Phi) is 6.03. The molecule has 0 fully saturated rings. The van der Waals surface area contributed by atoms with Gasteiger partial charge in [0.15, 0.2) is 5.78 Å². The van der Waals surface area contributed by atoms with E-state index in [1.165, 1.54) is 5.56 Å². The first-order valence-corrected chi connectivity index (χ1v) is 10.9. The SMILES string of the molecule is CCc1ccc(NC(=O)CC2CC3=C(CC(c4ccccc4C)CC3=O)NC2=O)cc1. The van der Waals surface area contributed by atoms with Gasteiger partial charge in [0.1, 0.15) is 0 Å². The van der Waals surface area contributed by atoms with E-state index in [0.29, 0.717) is 30.5 Å². The fourth-order valence-electron chi connectivity index (χ4n) is 4.60. The molecule has 2 atom stereocenters. The molecule has 0 saturated heterocycles.